The summed E-state index contributed by atoms with van der Waals surface area (Å²) in [4.78, 5) is 10.4. The highest BCUT2D eigenvalue weighted by atomic mass is 16.6. The fraction of sp³-hybridized carbons (Fsp3) is 0.417. The van der Waals surface area contributed by atoms with E-state index in [1.165, 1.54) is 6.07 Å². The van der Waals surface area contributed by atoms with E-state index >= 15 is 0 Å². The van der Waals surface area contributed by atoms with Crippen LogP contribution >= 0.6 is 0 Å². The van der Waals surface area contributed by atoms with Gasteiger partial charge in [0.1, 0.15) is 0 Å². The van der Waals surface area contributed by atoms with Gasteiger partial charge in [-0.15, -0.1) is 0 Å². The highest BCUT2D eigenvalue weighted by Crippen LogP contribution is 2.28. The van der Waals surface area contributed by atoms with Crippen molar-refractivity contribution in [3.05, 3.63) is 34.5 Å². The van der Waals surface area contributed by atoms with Gasteiger partial charge in [0.15, 0.2) is 6.23 Å². The lowest BCUT2D eigenvalue weighted by atomic mass is 10.2. The third-order valence-corrected chi connectivity index (χ3v) is 3.22. The SMILES string of the molecule is O=[N+]([O-])c1ccc2cnn([C@@H]3CCCCO3)c2c1. The number of aromatic nitrogens is 2. The van der Waals surface area contributed by atoms with E-state index in [9.17, 15) is 10.1 Å². The number of ether oxygens (including phenoxy) is 1. The largest absolute Gasteiger partial charge is 0.356 e. The van der Waals surface area contributed by atoms with E-state index in [2.05, 4.69) is 5.10 Å². The summed E-state index contributed by atoms with van der Waals surface area (Å²) in [6, 6.07) is 4.77. The minimum absolute atomic E-state index is 0.0834. The van der Waals surface area contributed by atoms with Crippen LogP contribution in [0.1, 0.15) is 25.5 Å². The van der Waals surface area contributed by atoms with Crippen molar-refractivity contribution >= 4 is 16.6 Å². The first-order valence-corrected chi connectivity index (χ1v) is 5.99. The summed E-state index contributed by atoms with van der Waals surface area (Å²) < 4.78 is 7.41. The molecule has 2 aromatic rings. The molecule has 6 nitrogen and oxygen atoms in total. The number of nitro benzene ring substituents is 1. The predicted molar refractivity (Wildman–Crippen MR) is 65.2 cm³/mol. The van der Waals surface area contributed by atoms with Crippen molar-refractivity contribution in [1.29, 1.82) is 0 Å². The Morgan fingerprint density at radius 1 is 1.44 bits per heavy atom. The van der Waals surface area contributed by atoms with Gasteiger partial charge in [-0.05, 0) is 25.3 Å². The summed E-state index contributed by atoms with van der Waals surface area (Å²) in [7, 11) is 0. The molecule has 18 heavy (non-hydrogen) atoms. The Morgan fingerprint density at radius 2 is 2.33 bits per heavy atom. The maximum atomic E-state index is 10.8. The zero-order valence-electron chi connectivity index (χ0n) is 9.78. The van der Waals surface area contributed by atoms with Crippen molar-refractivity contribution < 1.29 is 9.66 Å². The van der Waals surface area contributed by atoms with Crippen LogP contribution in [0.2, 0.25) is 0 Å². The molecule has 2 heterocycles. The fourth-order valence-electron chi connectivity index (χ4n) is 2.29. The summed E-state index contributed by atoms with van der Waals surface area (Å²) in [5.74, 6) is 0. The third-order valence-electron chi connectivity index (χ3n) is 3.22. The maximum Gasteiger partial charge on any atom is 0.271 e. The molecule has 1 fully saturated rings. The lowest BCUT2D eigenvalue weighted by Gasteiger charge is -2.23. The zero-order chi connectivity index (χ0) is 12.5. The summed E-state index contributed by atoms with van der Waals surface area (Å²) in [6.45, 7) is 0.723. The van der Waals surface area contributed by atoms with E-state index < -0.39 is 4.92 Å². The molecule has 0 N–H and O–H groups in total. The summed E-state index contributed by atoms with van der Waals surface area (Å²) >= 11 is 0. The first-order chi connectivity index (χ1) is 8.75. The lowest BCUT2D eigenvalue weighted by molar-refractivity contribution is -0.384. The quantitative estimate of drug-likeness (QED) is 0.604. The van der Waals surface area contributed by atoms with E-state index in [0.717, 1.165) is 36.8 Å². The summed E-state index contributed by atoms with van der Waals surface area (Å²) in [6.07, 6.45) is 4.69. The number of benzene rings is 1. The smallest absolute Gasteiger partial charge is 0.271 e. The van der Waals surface area contributed by atoms with Gasteiger partial charge in [0, 0.05) is 24.1 Å². The second-order valence-corrected chi connectivity index (χ2v) is 4.41. The van der Waals surface area contributed by atoms with Crippen LogP contribution < -0.4 is 0 Å². The zero-order valence-corrected chi connectivity index (χ0v) is 9.78. The predicted octanol–water partition coefficient (Wildman–Crippen LogP) is 2.64. The van der Waals surface area contributed by atoms with Crippen molar-refractivity contribution in [1.82, 2.24) is 9.78 Å². The van der Waals surface area contributed by atoms with Crippen LogP contribution in [0.4, 0.5) is 5.69 Å². The third kappa shape index (κ3) is 1.84. The van der Waals surface area contributed by atoms with Crippen LogP contribution in [0.5, 0.6) is 0 Å². The molecule has 0 aliphatic carbocycles. The normalized spacial score (nSPS) is 20.1. The standard InChI is InChI=1S/C12H13N3O3/c16-15(17)10-5-4-9-8-13-14(11(9)7-10)12-3-1-2-6-18-12/h4-5,7-8,12H,1-3,6H2/t12-/m0/s1. The number of fused-ring (bicyclic) bond motifs is 1. The molecule has 0 saturated carbocycles. The Bertz CT molecular complexity index is 587. The summed E-state index contributed by atoms with van der Waals surface area (Å²) in [5.41, 5.74) is 0.844. The Hall–Kier alpha value is -1.95. The van der Waals surface area contributed by atoms with Crippen molar-refractivity contribution in [3.63, 3.8) is 0 Å². The molecule has 1 aliphatic heterocycles. The molecule has 1 saturated heterocycles. The monoisotopic (exact) mass is 247 g/mol. The van der Waals surface area contributed by atoms with E-state index in [-0.39, 0.29) is 11.9 Å². The maximum absolute atomic E-state index is 10.8. The number of non-ortho nitro benzene ring substituents is 1. The van der Waals surface area contributed by atoms with Gasteiger partial charge in [-0.1, -0.05) is 0 Å². The van der Waals surface area contributed by atoms with E-state index in [1.54, 1.807) is 23.0 Å². The molecule has 1 aromatic carbocycles. The lowest BCUT2D eigenvalue weighted by Crippen LogP contribution is -2.18. The number of hydrogen-bond acceptors (Lipinski definition) is 4. The molecule has 0 unspecified atom stereocenters. The Morgan fingerprint density at radius 3 is 3.06 bits per heavy atom. The van der Waals surface area contributed by atoms with Crippen LogP contribution in [0, 0.1) is 10.1 Å². The second-order valence-electron chi connectivity index (χ2n) is 4.41. The van der Waals surface area contributed by atoms with Gasteiger partial charge < -0.3 is 4.74 Å². The van der Waals surface area contributed by atoms with E-state index in [0.29, 0.717) is 0 Å². The van der Waals surface area contributed by atoms with Crippen molar-refractivity contribution in [2.24, 2.45) is 0 Å². The molecule has 0 radical (unpaired) electrons. The molecular formula is C12H13N3O3. The molecule has 1 aromatic heterocycles. The van der Waals surface area contributed by atoms with Gasteiger partial charge in [-0.2, -0.15) is 5.10 Å². The highest BCUT2D eigenvalue weighted by molar-refractivity contribution is 5.81. The van der Waals surface area contributed by atoms with Crippen molar-refractivity contribution in [3.8, 4) is 0 Å². The molecule has 1 atom stereocenters. The van der Waals surface area contributed by atoms with Gasteiger partial charge in [-0.25, -0.2) is 4.68 Å². The van der Waals surface area contributed by atoms with Crippen molar-refractivity contribution in [2.75, 3.05) is 6.61 Å². The minimum atomic E-state index is -0.390. The van der Waals surface area contributed by atoms with Gasteiger partial charge in [0.25, 0.3) is 5.69 Å². The topological polar surface area (TPSA) is 70.2 Å². The van der Waals surface area contributed by atoms with Gasteiger partial charge >= 0.3 is 0 Å². The molecule has 0 spiro atoms. The van der Waals surface area contributed by atoms with Crippen LogP contribution in [-0.2, 0) is 4.74 Å². The Balaban J connectivity index is 2.05. The first kappa shape index (κ1) is 11.2. The number of rotatable bonds is 2. The Labute approximate surface area is 103 Å². The van der Waals surface area contributed by atoms with E-state index in [4.69, 9.17) is 4.74 Å². The van der Waals surface area contributed by atoms with Crippen LogP contribution in [0.3, 0.4) is 0 Å². The molecule has 6 heteroatoms. The van der Waals surface area contributed by atoms with E-state index in [1.807, 2.05) is 0 Å². The molecule has 94 valence electrons. The number of hydrogen-bond donors (Lipinski definition) is 0. The van der Waals surface area contributed by atoms with Crippen molar-refractivity contribution in [2.45, 2.75) is 25.5 Å². The highest BCUT2D eigenvalue weighted by Gasteiger charge is 2.19. The fourth-order valence-corrected chi connectivity index (χ4v) is 2.29. The minimum Gasteiger partial charge on any atom is -0.356 e. The van der Waals surface area contributed by atoms with Gasteiger partial charge in [-0.3, -0.25) is 10.1 Å². The average molecular weight is 247 g/mol. The molecule has 1 aliphatic rings. The average Bonchev–Trinajstić information content (AvgIpc) is 2.82. The van der Waals surface area contributed by atoms with Gasteiger partial charge in [0.05, 0.1) is 16.6 Å². The molecule has 0 amide bonds. The number of nitro groups is 1. The second kappa shape index (κ2) is 4.38. The molecule has 3 rings (SSSR count). The van der Waals surface area contributed by atoms with Crippen LogP contribution in [0.25, 0.3) is 10.9 Å². The molecule has 0 bridgehead atoms. The number of nitrogens with zero attached hydrogens (tertiary/aromatic N) is 3. The van der Waals surface area contributed by atoms with Crippen LogP contribution in [-0.4, -0.2) is 21.3 Å². The first-order valence-electron chi connectivity index (χ1n) is 5.99. The van der Waals surface area contributed by atoms with Gasteiger partial charge in [0.2, 0.25) is 0 Å². The Kier molecular flexibility index (Phi) is 2.71. The molecular weight excluding hydrogens is 234 g/mol. The summed E-state index contributed by atoms with van der Waals surface area (Å²) in [5, 5.41) is 16.0. The van der Waals surface area contributed by atoms with Crippen LogP contribution in [0.15, 0.2) is 24.4 Å².